The van der Waals surface area contributed by atoms with Crippen LogP contribution in [0.5, 0.6) is 0 Å². The molecule has 4 nitrogen and oxygen atoms in total. The predicted octanol–water partition coefficient (Wildman–Crippen LogP) is 2.51. The number of halogens is 1. The van der Waals surface area contributed by atoms with Crippen LogP contribution in [0.25, 0.3) is 0 Å². The number of ether oxygens (including phenoxy) is 2. The Morgan fingerprint density at radius 2 is 2.22 bits per heavy atom. The molecule has 0 aromatic heterocycles. The lowest BCUT2D eigenvalue weighted by Gasteiger charge is -2.41. The van der Waals surface area contributed by atoms with E-state index >= 15 is 0 Å². The summed E-state index contributed by atoms with van der Waals surface area (Å²) in [6.07, 6.45) is 2.24. The van der Waals surface area contributed by atoms with Gasteiger partial charge in [-0.25, -0.2) is 4.39 Å². The lowest BCUT2D eigenvalue weighted by molar-refractivity contribution is -0.246. The third-order valence-corrected chi connectivity index (χ3v) is 4.03. The van der Waals surface area contributed by atoms with Gasteiger partial charge in [-0.1, -0.05) is 0 Å². The zero-order valence-electron chi connectivity index (χ0n) is 10.7. The van der Waals surface area contributed by atoms with Gasteiger partial charge in [0.2, 0.25) is 0 Å². The summed E-state index contributed by atoms with van der Waals surface area (Å²) in [5, 5.41) is 8.92. The number of hydrogen-bond donors (Lipinski definition) is 1. The molecule has 2 rings (SSSR count). The first-order chi connectivity index (χ1) is 8.51. The minimum atomic E-state index is -1.24. The number of hydrogen-bond acceptors (Lipinski definition) is 3. The fraction of sp³-hybridized carbons (Fsp3) is 0.923. The largest absolute Gasteiger partial charge is 0.481 e. The van der Waals surface area contributed by atoms with Crippen LogP contribution < -0.4 is 0 Å². The Labute approximate surface area is 106 Å². The Bertz CT molecular complexity index is 303. The zero-order valence-corrected chi connectivity index (χ0v) is 10.7. The normalized spacial score (nSPS) is 41.6. The molecule has 104 valence electrons. The van der Waals surface area contributed by atoms with Gasteiger partial charge in [0, 0.05) is 6.61 Å². The second-order valence-corrected chi connectivity index (χ2v) is 5.50. The van der Waals surface area contributed by atoms with E-state index in [0.717, 1.165) is 19.3 Å². The van der Waals surface area contributed by atoms with Crippen molar-refractivity contribution in [3.63, 3.8) is 0 Å². The summed E-state index contributed by atoms with van der Waals surface area (Å²) >= 11 is 0. The minimum Gasteiger partial charge on any atom is -0.481 e. The predicted molar refractivity (Wildman–Crippen MR) is 63.0 cm³/mol. The van der Waals surface area contributed by atoms with Crippen molar-refractivity contribution in [1.29, 1.82) is 0 Å². The van der Waals surface area contributed by atoms with Crippen molar-refractivity contribution in [2.45, 2.75) is 63.5 Å². The van der Waals surface area contributed by atoms with E-state index in [0.29, 0.717) is 19.4 Å². The third kappa shape index (κ3) is 3.01. The molecular formula is C13H21FO4. The van der Waals surface area contributed by atoms with Gasteiger partial charge in [-0.05, 0) is 45.4 Å². The molecule has 0 radical (unpaired) electrons. The van der Waals surface area contributed by atoms with Crippen molar-refractivity contribution >= 4 is 5.97 Å². The third-order valence-electron chi connectivity index (χ3n) is 4.03. The number of carbonyl (C=O) groups is 1. The monoisotopic (exact) mass is 260 g/mol. The summed E-state index contributed by atoms with van der Waals surface area (Å²) in [7, 11) is 0. The summed E-state index contributed by atoms with van der Waals surface area (Å²) in [6.45, 7) is 2.39. The van der Waals surface area contributed by atoms with E-state index in [4.69, 9.17) is 14.6 Å². The van der Waals surface area contributed by atoms with Crippen LogP contribution >= 0.6 is 0 Å². The highest BCUT2D eigenvalue weighted by molar-refractivity contribution is 5.70. The summed E-state index contributed by atoms with van der Waals surface area (Å²) in [6, 6.07) is 0. The molecule has 1 saturated heterocycles. The lowest BCUT2D eigenvalue weighted by atomic mass is 9.78. The van der Waals surface area contributed by atoms with E-state index < -0.39 is 23.7 Å². The fourth-order valence-electron chi connectivity index (χ4n) is 2.70. The van der Waals surface area contributed by atoms with Crippen molar-refractivity contribution in [3.05, 3.63) is 0 Å². The van der Waals surface area contributed by atoms with E-state index in [-0.39, 0.29) is 12.7 Å². The van der Waals surface area contributed by atoms with Crippen LogP contribution in [-0.2, 0) is 14.3 Å². The first kappa shape index (κ1) is 13.7. The Morgan fingerprint density at radius 1 is 1.44 bits per heavy atom. The maximum absolute atomic E-state index is 14.2. The lowest BCUT2D eigenvalue weighted by Crippen LogP contribution is -2.48. The van der Waals surface area contributed by atoms with Gasteiger partial charge < -0.3 is 14.6 Å². The molecule has 0 bridgehead atoms. The van der Waals surface area contributed by atoms with Gasteiger partial charge in [0.1, 0.15) is 6.17 Å². The topological polar surface area (TPSA) is 55.8 Å². The summed E-state index contributed by atoms with van der Waals surface area (Å²) in [5.41, 5.74) is -0.895. The minimum absolute atomic E-state index is 0.0402. The Kier molecular flexibility index (Phi) is 4.22. The highest BCUT2D eigenvalue weighted by Crippen LogP contribution is 2.38. The molecule has 1 aliphatic carbocycles. The van der Waals surface area contributed by atoms with Crippen LogP contribution in [0.1, 0.15) is 45.4 Å². The van der Waals surface area contributed by atoms with Crippen LogP contribution in [0.4, 0.5) is 4.39 Å². The number of aliphatic carboxylic acids is 1. The van der Waals surface area contributed by atoms with Crippen LogP contribution in [0.3, 0.4) is 0 Å². The number of carboxylic acid groups (broad SMARTS) is 1. The van der Waals surface area contributed by atoms with Crippen molar-refractivity contribution in [1.82, 2.24) is 0 Å². The molecule has 2 aliphatic rings. The quantitative estimate of drug-likeness (QED) is 0.847. The summed E-state index contributed by atoms with van der Waals surface area (Å²) < 4.78 is 25.4. The van der Waals surface area contributed by atoms with E-state index in [9.17, 15) is 9.18 Å². The van der Waals surface area contributed by atoms with Crippen LogP contribution in [0.2, 0.25) is 0 Å². The number of alkyl halides is 1. The van der Waals surface area contributed by atoms with Crippen molar-refractivity contribution in [3.8, 4) is 0 Å². The molecule has 0 amide bonds. The van der Waals surface area contributed by atoms with Gasteiger partial charge in [-0.2, -0.15) is 0 Å². The second-order valence-electron chi connectivity index (χ2n) is 5.50. The van der Waals surface area contributed by atoms with Gasteiger partial charge in [-0.3, -0.25) is 4.79 Å². The SMILES string of the molecule is C[C@]1(OC2CCCCO2)CC[C@H](C(=O)O)C[C@H]1F. The molecular weight excluding hydrogens is 239 g/mol. The Hall–Kier alpha value is -0.680. The first-order valence-electron chi connectivity index (χ1n) is 6.67. The maximum atomic E-state index is 14.2. The van der Waals surface area contributed by atoms with Crippen LogP contribution in [-0.4, -0.2) is 35.7 Å². The van der Waals surface area contributed by atoms with Gasteiger partial charge in [-0.15, -0.1) is 0 Å². The highest BCUT2D eigenvalue weighted by atomic mass is 19.1. The Morgan fingerprint density at radius 3 is 2.78 bits per heavy atom. The molecule has 1 aliphatic heterocycles. The van der Waals surface area contributed by atoms with Gasteiger partial charge >= 0.3 is 5.97 Å². The average molecular weight is 260 g/mol. The van der Waals surface area contributed by atoms with Crippen molar-refractivity contribution in [2.24, 2.45) is 5.92 Å². The van der Waals surface area contributed by atoms with Gasteiger partial charge in [0.15, 0.2) is 6.29 Å². The van der Waals surface area contributed by atoms with E-state index in [1.165, 1.54) is 0 Å². The van der Waals surface area contributed by atoms with E-state index in [1.54, 1.807) is 6.92 Å². The van der Waals surface area contributed by atoms with Crippen LogP contribution in [0.15, 0.2) is 0 Å². The van der Waals surface area contributed by atoms with Crippen molar-refractivity contribution in [2.75, 3.05) is 6.61 Å². The van der Waals surface area contributed by atoms with Gasteiger partial charge in [0.25, 0.3) is 0 Å². The van der Waals surface area contributed by atoms with E-state index in [1.807, 2.05) is 0 Å². The number of rotatable bonds is 3. The molecule has 0 aromatic carbocycles. The molecule has 1 saturated carbocycles. The average Bonchev–Trinajstić information content (AvgIpc) is 2.34. The highest BCUT2D eigenvalue weighted by Gasteiger charge is 2.45. The fourth-order valence-corrected chi connectivity index (χ4v) is 2.70. The number of carboxylic acids is 1. The molecule has 4 atom stereocenters. The second kappa shape index (κ2) is 5.53. The molecule has 18 heavy (non-hydrogen) atoms. The smallest absolute Gasteiger partial charge is 0.306 e. The maximum Gasteiger partial charge on any atom is 0.306 e. The molecule has 1 unspecified atom stereocenters. The standard InChI is InChI=1S/C13H21FO4/c1-13(18-11-4-2-3-7-17-11)6-5-9(12(15)16)8-10(13)14/h9-11H,2-8H2,1H3,(H,15,16)/t9-,10+,11?,13-/m0/s1. The molecule has 1 N–H and O–H groups in total. The van der Waals surface area contributed by atoms with E-state index in [2.05, 4.69) is 0 Å². The van der Waals surface area contributed by atoms with Gasteiger partial charge in [0.05, 0.1) is 11.5 Å². The molecule has 2 fully saturated rings. The zero-order chi connectivity index (χ0) is 13.2. The van der Waals surface area contributed by atoms with Crippen LogP contribution in [0, 0.1) is 5.92 Å². The summed E-state index contributed by atoms with van der Waals surface area (Å²) in [4.78, 5) is 10.9. The molecule has 5 heteroatoms. The molecule has 0 spiro atoms. The van der Waals surface area contributed by atoms with Crippen molar-refractivity contribution < 1.29 is 23.8 Å². The summed E-state index contributed by atoms with van der Waals surface area (Å²) in [5.74, 6) is -1.49. The first-order valence-corrected chi connectivity index (χ1v) is 6.67. The Balaban J connectivity index is 1.92. The molecule has 0 aromatic rings. The molecule has 1 heterocycles.